The molecule has 0 unspecified atom stereocenters. The van der Waals surface area contributed by atoms with E-state index in [4.69, 9.17) is 0 Å². The highest BCUT2D eigenvalue weighted by Crippen LogP contribution is 2.34. The molecule has 0 aliphatic rings. The standard InChI is InChI=1S/C8H10Br6N2O2/c1-6(2,16-5(18)8(12,13)14)3-15-4(17)7(9,10)11/h3H2,1-2H3,(H,15,17)(H,16,18). The Morgan fingerprint density at radius 3 is 1.61 bits per heavy atom. The largest absolute Gasteiger partial charge is 0.351 e. The van der Waals surface area contributed by atoms with Gasteiger partial charge in [-0.1, -0.05) is 0 Å². The zero-order chi connectivity index (χ0) is 14.8. The van der Waals surface area contributed by atoms with Crippen molar-refractivity contribution in [3.8, 4) is 0 Å². The fourth-order valence-electron chi connectivity index (χ4n) is 0.824. The molecule has 0 saturated heterocycles. The molecule has 0 radical (unpaired) electrons. The third kappa shape index (κ3) is 8.18. The molecule has 0 saturated carbocycles. The van der Waals surface area contributed by atoms with E-state index in [1.54, 1.807) is 13.8 Å². The third-order valence-corrected chi connectivity index (χ3v) is 3.82. The molecule has 10 heteroatoms. The maximum atomic E-state index is 11.7. The van der Waals surface area contributed by atoms with Crippen LogP contribution in [0.2, 0.25) is 0 Å². The molecule has 18 heavy (non-hydrogen) atoms. The van der Waals surface area contributed by atoms with Gasteiger partial charge in [-0.05, 0) is 109 Å². The highest BCUT2D eigenvalue weighted by Gasteiger charge is 2.34. The quantitative estimate of drug-likeness (QED) is 0.461. The van der Waals surface area contributed by atoms with E-state index in [-0.39, 0.29) is 18.4 Å². The second kappa shape index (κ2) is 7.20. The first-order valence-electron chi connectivity index (χ1n) is 4.50. The number of hydrogen-bond acceptors (Lipinski definition) is 2. The number of halogens is 6. The molecule has 106 valence electrons. The number of nitrogens with one attached hydrogen (secondary N) is 2. The van der Waals surface area contributed by atoms with Crippen molar-refractivity contribution in [3.05, 3.63) is 0 Å². The lowest BCUT2D eigenvalue weighted by molar-refractivity contribution is -0.122. The Labute approximate surface area is 156 Å². The highest BCUT2D eigenvalue weighted by atomic mass is 80.0. The summed E-state index contributed by atoms with van der Waals surface area (Å²) in [5.41, 5.74) is -0.606. The van der Waals surface area contributed by atoms with Crippen LogP contribution in [0.3, 0.4) is 0 Å². The summed E-state index contributed by atoms with van der Waals surface area (Å²) in [7, 11) is 0. The van der Waals surface area contributed by atoms with E-state index in [9.17, 15) is 9.59 Å². The number of amides is 2. The second-order valence-electron chi connectivity index (χ2n) is 4.02. The van der Waals surface area contributed by atoms with E-state index < -0.39 is 9.82 Å². The van der Waals surface area contributed by atoms with Crippen molar-refractivity contribution in [2.75, 3.05) is 6.54 Å². The molecular weight excluding hydrogens is 636 g/mol. The predicted octanol–water partition coefficient (Wildman–Crippen LogP) is 3.67. The van der Waals surface area contributed by atoms with Crippen molar-refractivity contribution in [1.29, 1.82) is 0 Å². The predicted molar refractivity (Wildman–Crippen MR) is 94.3 cm³/mol. The number of rotatable bonds is 3. The van der Waals surface area contributed by atoms with E-state index in [1.165, 1.54) is 0 Å². The van der Waals surface area contributed by atoms with Gasteiger partial charge in [0.05, 0.1) is 5.54 Å². The van der Waals surface area contributed by atoms with E-state index >= 15 is 0 Å². The van der Waals surface area contributed by atoms with Crippen molar-refractivity contribution in [2.45, 2.75) is 23.7 Å². The molecule has 2 N–H and O–H groups in total. The minimum absolute atomic E-state index is 0.269. The fraction of sp³-hybridized carbons (Fsp3) is 0.750. The Hall–Kier alpha value is 1.82. The lowest BCUT2D eigenvalue weighted by atomic mass is 10.1. The molecular formula is C8H10Br6N2O2. The first-order chi connectivity index (χ1) is 7.76. The highest BCUT2D eigenvalue weighted by molar-refractivity contribution is 9.40. The van der Waals surface area contributed by atoms with Gasteiger partial charge in [0.15, 0.2) is 0 Å². The Morgan fingerprint density at radius 1 is 0.889 bits per heavy atom. The molecule has 0 bridgehead atoms. The van der Waals surface area contributed by atoms with E-state index in [0.717, 1.165) is 0 Å². The summed E-state index contributed by atoms with van der Waals surface area (Å²) in [5.74, 6) is -0.600. The number of carbonyl (C=O) groups is 2. The summed E-state index contributed by atoms with van der Waals surface area (Å²) < 4.78 is -2.02. The molecule has 0 aliphatic heterocycles. The monoisotopic (exact) mass is 640 g/mol. The van der Waals surface area contributed by atoms with Gasteiger partial charge in [-0.2, -0.15) is 0 Å². The van der Waals surface area contributed by atoms with Crippen LogP contribution in [0.1, 0.15) is 13.8 Å². The number of carbonyl (C=O) groups excluding carboxylic acids is 2. The minimum Gasteiger partial charge on any atom is -0.351 e. The average molecular weight is 646 g/mol. The molecule has 4 nitrogen and oxygen atoms in total. The van der Waals surface area contributed by atoms with Gasteiger partial charge in [-0.25, -0.2) is 0 Å². The van der Waals surface area contributed by atoms with Crippen LogP contribution in [0, 0.1) is 0 Å². The SMILES string of the molecule is CC(C)(CNC(=O)C(Br)(Br)Br)NC(=O)C(Br)(Br)Br. The second-order valence-corrected chi connectivity index (χ2v) is 17.5. The Balaban J connectivity index is 4.42. The summed E-state index contributed by atoms with van der Waals surface area (Å²) in [4.78, 5) is 23.3. The van der Waals surface area contributed by atoms with Crippen LogP contribution in [0.4, 0.5) is 0 Å². The van der Waals surface area contributed by atoms with Gasteiger partial charge in [-0.3, -0.25) is 9.59 Å². The lowest BCUT2D eigenvalue weighted by Gasteiger charge is -2.29. The minimum atomic E-state index is -1.02. The van der Waals surface area contributed by atoms with Crippen LogP contribution in [0.15, 0.2) is 0 Å². The molecule has 0 spiro atoms. The molecule has 0 atom stereocenters. The van der Waals surface area contributed by atoms with Crippen LogP contribution >= 0.6 is 95.6 Å². The fourth-order valence-corrected chi connectivity index (χ4v) is 1.54. The molecule has 0 heterocycles. The van der Waals surface area contributed by atoms with Crippen LogP contribution in [0.25, 0.3) is 0 Å². The summed E-state index contributed by atoms with van der Waals surface area (Å²) in [5, 5.41) is 5.44. The van der Waals surface area contributed by atoms with Gasteiger partial charge in [-0.15, -0.1) is 0 Å². The third-order valence-electron chi connectivity index (χ3n) is 1.66. The Bertz CT molecular complexity index is 333. The van der Waals surface area contributed by atoms with E-state index in [0.29, 0.717) is 0 Å². The maximum absolute atomic E-state index is 11.7. The van der Waals surface area contributed by atoms with Crippen LogP contribution in [-0.4, -0.2) is 28.2 Å². The van der Waals surface area contributed by atoms with E-state index in [1.807, 2.05) is 0 Å². The summed E-state index contributed by atoms with van der Waals surface area (Å²) in [6, 6.07) is 0. The van der Waals surface area contributed by atoms with Gasteiger partial charge in [0.25, 0.3) is 11.8 Å². The topological polar surface area (TPSA) is 58.2 Å². The Morgan fingerprint density at radius 2 is 1.28 bits per heavy atom. The first kappa shape index (κ1) is 19.8. The van der Waals surface area contributed by atoms with Crippen molar-refractivity contribution in [1.82, 2.24) is 10.6 Å². The smallest absolute Gasteiger partial charge is 0.259 e. The van der Waals surface area contributed by atoms with Gasteiger partial charge in [0.1, 0.15) is 0 Å². The lowest BCUT2D eigenvalue weighted by Crippen LogP contribution is -2.54. The van der Waals surface area contributed by atoms with Gasteiger partial charge in [0.2, 0.25) is 4.29 Å². The zero-order valence-electron chi connectivity index (χ0n) is 9.29. The van der Waals surface area contributed by atoms with Gasteiger partial charge in [0, 0.05) is 6.54 Å². The molecule has 0 aromatic rings. The summed E-state index contributed by atoms with van der Waals surface area (Å²) in [6.45, 7) is 3.86. The van der Waals surface area contributed by atoms with Crippen molar-refractivity contribution in [2.24, 2.45) is 0 Å². The van der Waals surface area contributed by atoms with Crippen molar-refractivity contribution in [3.63, 3.8) is 0 Å². The van der Waals surface area contributed by atoms with E-state index in [2.05, 4.69) is 106 Å². The van der Waals surface area contributed by atoms with Crippen LogP contribution < -0.4 is 10.6 Å². The van der Waals surface area contributed by atoms with Gasteiger partial charge >= 0.3 is 0 Å². The summed E-state index contributed by atoms with van der Waals surface area (Å²) >= 11 is 18.7. The zero-order valence-corrected chi connectivity index (χ0v) is 18.8. The summed E-state index contributed by atoms with van der Waals surface area (Å²) in [6.07, 6.45) is 0. The normalized spacial score (nSPS) is 13.1. The molecule has 0 aromatic heterocycles. The molecule has 0 rings (SSSR count). The maximum Gasteiger partial charge on any atom is 0.259 e. The molecule has 0 aromatic carbocycles. The molecule has 0 fully saturated rings. The van der Waals surface area contributed by atoms with Gasteiger partial charge < -0.3 is 10.6 Å². The first-order valence-corrected chi connectivity index (χ1v) is 9.26. The molecule has 2 amide bonds. The average Bonchev–Trinajstić information content (AvgIpc) is 2.10. The van der Waals surface area contributed by atoms with Crippen molar-refractivity contribution < 1.29 is 9.59 Å². The van der Waals surface area contributed by atoms with Crippen LogP contribution in [-0.2, 0) is 9.59 Å². The number of alkyl halides is 6. The Kier molecular flexibility index (Phi) is 7.92. The molecule has 0 aliphatic carbocycles. The van der Waals surface area contributed by atoms with Crippen molar-refractivity contribution >= 4 is 107 Å². The number of hydrogen-bond donors (Lipinski definition) is 2. The van der Waals surface area contributed by atoms with Crippen LogP contribution in [0.5, 0.6) is 0 Å².